The first-order valence-electron chi connectivity index (χ1n) is 4.26. The molecule has 0 amide bonds. The normalized spacial score (nSPS) is 31.5. The molecule has 1 atom stereocenters. The number of alkyl halides is 3. The van der Waals surface area contributed by atoms with Crippen molar-refractivity contribution >= 4 is 17.9 Å². The summed E-state index contributed by atoms with van der Waals surface area (Å²) in [7, 11) is 0. The van der Waals surface area contributed by atoms with Crippen LogP contribution in [0.1, 0.15) is 33.1 Å². The number of aldehydes is 1. The minimum atomic E-state index is -3.17. The summed E-state index contributed by atoms with van der Waals surface area (Å²) in [4.78, 5) is 10.7. The second kappa shape index (κ2) is 2.91. The Morgan fingerprint density at radius 2 is 2.00 bits per heavy atom. The Kier molecular flexibility index (Phi) is 2.44. The molecule has 1 saturated carbocycles. The number of halogens is 3. The SMILES string of the molecule is CC1(C)CC1(C=O)CCC(F)(F)Cl. The number of hydrogen-bond acceptors (Lipinski definition) is 1. The van der Waals surface area contributed by atoms with Crippen molar-refractivity contribution in [3.63, 3.8) is 0 Å². The summed E-state index contributed by atoms with van der Waals surface area (Å²) in [5.41, 5.74) is -0.678. The first kappa shape index (κ1) is 10.9. The van der Waals surface area contributed by atoms with Gasteiger partial charge in [0.25, 0.3) is 0 Å². The zero-order valence-corrected chi connectivity index (χ0v) is 8.50. The molecule has 0 saturated heterocycles. The molecule has 76 valence electrons. The van der Waals surface area contributed by atoms with Gasteiger partial charge >= 0.3 is 5.38 Å². The maximum atomic E-state index is 12.3. The Labute approximate surface area is 81.4 Å². The van der Waals surface area contributed by atoms with Crippen LogP contribution in [0.4, 0.5) is 8.78 Å². The van der Waals surface area contributed by atoms with Gasteiger partial charge in [-0.1, -0.05) is 13.8 Å². The fourth-order valence-electron chi connectivity index (χ4n) is 1.80. The van der Waals surface area contributed by atoms with Gasteiger partial charge in [0.15, 0.2) is 0 Å². The monoisotopic (exact) mass is 210 g/mol. The quantitative estimate of drug-likeness (QED) is 0.515. The molecule has 0 aromatic heterocycles. The van der Waals surface area contributed by atoms with Gasteiger partial charge in [-0.3, -0.25) is 0 Å². The predicted molar refractivity (Wildman–Crippen MR) is 46.9 cm³/mol. The summed E-state index contributed by atoms with van der Waals surface area (Å²) < 4.78 is 24.6. The second-order valence-electron chi connectivity index (χ2n) is 4.45. The largest absolute Gasteiger partial charge is 0.321 e. The van der Waals surface area contributed by atoms with Gasteiger partial charge in [-0.15, -0.1) is 0 Å². The van der Waals surface area contributed by atoms with Crippen LogP contribution in [0.2, 0.25) is 0 Å². The van der Waals surface area contributed by atoms with Crippen LogP contribution >= 0.6 is 11.6 Å². The fourth-order valence-corrected chi connectivity index (χ4v) is 1.89. The molecule has 0 heterocycles. The van der Waals surface area contributed by atoms with Crippen LogP contribution < -0.4 is 0 Å². The summed E-state index contributed by atoms with van der Waals surface area (Å²) in [5.74, 6) is 0. The van der Waals surface area contributed by atoms with E-state index in [0.29, 0.717) is 6.42 Å². The first-order valence-corrected chi connectivity index (χ1v) is 4.63. The molecule has 0 N–H and O–H groups in total. The van der Waals surface area contributed by atoms with E-state index >= 15 is 0 Å². The highest BCUT2D eigenvalue weighted by atomic mass is 35.5. The van der Waals surface area contributed by atoms with Crippen molar-refractivity contribution in [3.8, 4) is 0 Å². The number of hydrogen-bond donors (Lipinski definition) is 0. The van der Waals surface area contributed by atoms with Crippen LogP contribution in [0.5, 0.6) is 0 Å². The average molecular weight is 211 g/mol. The molecule has 0 bridgehead atoms. The number of carbonyl (C=O) groups excluding carboxylic acids is 1. The molecule has 0 aromatic carbocycles. The molecule has 1 aliphatic carbocycles. The third-order valence-corrected chi connectivity index (χ3v) is 3.25. The van der Waals surface area contributed by atoms with Gasteiger partial charge in [-0.25, -0.2) is 0 Å². The van der Waals surface area contributed by atoms with Crippen molar-refractivity contribution in [2.24, 2.45) is 10.8 Å². The molecular formula is C9H13ClF2O. The van der Waals surface area contributed by atoms with Crippen molar-refractivity contribution in [1.29, 1.82) is 0 Å². The third kappa shape index (κ3) is 2.19. The molecule has 13 heavy (non-hydrogen) atoms. The Morgan fingerprint density at radius 3 is 2.23 bits per heavy atom. The fraction of sp³-hybridized carbons (Fsp3) is 0.889. The highest BCUT2D eigenvalue weighted by molar-refractivity contribution is 6.21. The van der Waals surface area contributed by atoms with E-state index in [4.69, 9.17) is 11.6 Å². The van der Waals surface area contributed by atoms with Crippen LogP contribution in [0.25, 0.3) is 0 Å². The minimum Gasteiger partial charge on any atom is -0.303 e. The van der Waals surface area contributed by atoms with Crippen LogP contribution in [-0.4, -0.2) is 11.7 Å². The van der Waals surface area contributed by atoms with E-state index in [1.54, 1.807) is 0 Å². The lowest BCUT2D eigenvalue weighted by Gasteiger charge is -2.15. The highest BCUT2D eigenvalue weighted by Gasteiger charge is 2.61. The predicted octanol–water partition coefficient (Wildman–Crippen LogP) is 3.21. The minimum absolute atomic E-state index is 0.128. The maximum absolute atomic E-state index is 12.3. The maximum Gasteiger partial charge on any atom is 0.321 e. The van der Waals surface area contributed by atoms with Crippen LogP contribution in [0.15, 0.2) is 0 Å². The number of rotatable bonds is 4. The molecule has 1 fully saturated rings. The van der Waals surface area contributed by atoms with Crippen LogP contribution in [-0.2, 0) is 4.79 Å². The van der Waals surface area contributed by atoms with Gasteiger partial charge in [0, 0.05) is 11.8 Å². The Balaban J connectivity index is 2.50. The first-order chi connectivity index (χ1) is 5.72. The molecular weight excluding hydrogens is 198 g/mol. The van der Waals surface area contributed by atoms with E-state index in [2.05, 4.69) is 0 Å². The van der Waals surface area contributed by atoms with Gasteiger partial charge in [-0.05, 0) is 29.9 Å². The van der Waals surface area contributed by atoms with E-state index in [9.17, 15) is 13.6 Å². The lowest BCUT2D eigenvalue weighted by atomic mass is 9.92. The third-order valence-electron chi connectivity index (χ3n) is 3.06. The van der Waals surface area contributed by atoms with Crippen molar-refractivity contribution in [3.05, 3.63) is 0 Å². The molecule has 0 spiro atoms. The molecule has 4 heteroatoms. The van der Waals surface area contributed by atoms with Crippen molar-refractivity contribution in [2.75, 3.05) is 0 Å². The molecule has 1 nitrogen and oxygen atoms in total. The van der Waals surface area contributed by atoms with Gasteiger partial charge in [0.2, 0.25) is 0 Å². The summed E-state index contributed by atoms with van der Waals surface area (Å²) in [6.45, 7) is 3.82. The smallest absolute Gasteiger partial charge is 0.303 e. The summed E-state index contributed by atoms with van der Waals surface area (Å²) in [5, 5.41) is -3.17. The van der Waals surface area contributed by atoms with Gasteiger partial charge in [-0.2, -0.15) is 8.78 Å². The zero-order valence-electron chi connectivity index (χ0n) is 7.74. The van der Waals surface area contributed by atoms with E-state index in [1.165, 1.54) is 0 Å². The second-order valence-corrected chi connectivity index (χ2v) is 5.00. The molecule has 1 rings (SSSR count). The lowest BCUT2D eigenvalue weighted by molar-refractivity contribution is -0.113. The summed E-state index contributed by atoms with van der Waals surface area (Å²) >= 11 is 4.77. The molecule has 0 aromatic rings. The molecule has 0 radical (unpaired) electrons. The van der Waals surface area contributed by atoms with Crippen molar-refractivity contribution in [1.82, 2.24) is 0 Å². The zero-order chi connectivity index (χ0) is 10.3. The Morgan fingerprint density at radius 1 is 1.54 bits per heavy atom. The average Bonchev–Trinajstić information content (AvgIpc) is 2.49. The highest BCUT2D eigenvalue weighted by Crippen LogP contribution is 2.65. The summed E-state index contributed by atoms with van der Waals surface area (Å²) in [6, 6.07) is 0. The molecule has 0 aliphatic heterocycles. The van der Waals surface area contributed by atoms with Crippen molar-refractivity contribution in [2.45, 2.75) is 38.5 Å². The van der Waals surface area contributed by atoms with Gasteiger partial charge in [0.05, 0.1) is 0 Å². The number of carbonyl (C=O) groups is 1. The Hall–Kier alpha value is -0.180. The van der Waals surface area contributed by atoms with E-state index in [1.807, 2.05) is 13.8 Å². The van der Waals surface area contributed by atoms with E-state index in [-0.39, 0.29) is 11.8 Å². The Bertz CT molecular complexity index is 222. The van der Waals surface area contributed by atoms with E-state index < -0.39 is 17.2 Å². The van der Waals surface area contributed by atoms with Crippen LogP contribution in [0, 0.1) is 10.8 Å². The lowest BCUT2D eigenvalue weighted by Crippen LogP contribution is -2.15. The summed E-state index contributed by atoms with van der Waals surface area (Å²) in [6.07, 6.45) is 1.25. The van der Waals surface area contributed by atoms with E-state index in [0.717, 1.165) is 6.29 Å². The van der Waals surface area contributed by atoms with Gasteiger partial charge in [0.1, 0.15) is 6.29 Å². The topological polar surface area (TPSA) is 17.1 Å². The van der Waals surface area contributed by atoms with Gasteiger partial charge < -0.3 is 4.79 Å². The molecule has 1 unspecified atom stereocenters. The van der Waals surface area contributed by atoms with Crippen LogP contribution in [0.3, 0.4) is 0 Å². The standard InChI is InChI=1S/C9H13ClF2O/c1-7(2)5-8(7,6-13)3-4-9(10,11)12/h6H,3-5H2,1-2H3. The molecule has 1 aliphatic rings. The van der Waals surface area contributed by atoms with Crippen molar-refractivity contribution < 1.29 is 13.6 Å².